The summed E-state index contributed by atoms with van der Waals surface area (Å²) in [7, 11) is 1.75. The Morgan fingerprint density at radius 3 is 2.67 bits per heavy atom. The van der Waals surface area contributed by atoms with Crippen molar-refractivity contribution in [1.82, 2.24) is 5.32 Å². The number of hydrogen-bond acceptors (Lipinski definition) is 2. The van der Waals surface area contributed by atoms with Gasteiger partial charge in [-0.15, -0.1) is 0 Å². The third-order valence-electron chi connectivity index (χ3n) is 2.88. The van der Waals surface area contributed by atoms with Gasteiger partial charge in [0.2, 0.25) is 0 Å². The molecule has 0 saturated heterocycles. The molecule has 0 heterocycles. The first-order valence-corrected chi connectivity index (χ1v) is 5.07. The van der Waals surface area contributed by atoms with Gasteiger partial charge < -0.3 is 10.1 Å². The molecular formula is C10H21NO. The van der Waals surface area contributed by atoms with E-state index < -0.39 is 0 Å². The minimum Gasteiger partial charge on any atom is -0.383 e. The van der Waals surface area contributed by atoms with Crippen LogP contribution in [0.2, 0.25) is 0 Å². The lowest BCUT2D eigenvalue weighted by Crippen LogP contribution is -2.34. The third kappa shape index (κ3) is 3.11. The van der Waals surface area contributed by atoms with E-state index in [0.717, 1.165) is 19.1 Å². The molecule has 0 aliphatic heterocycles. The summed E-state index contributed by atoms with van der Waals surface area (Å²) >= 11 is 0. The van der Waals surface area contributed by atoms with E-state index in [9.17, 15) is 0 Å². The van der Waals surface area contributed by atoms with Crippen LogP contribution in [0.3, 0.4) is 0 Å². The smallest absolute Gasteiger partial charge is 0.0587 e. The molecule has 1 aliphatic rings. The Morgan fingerprint density at radius 1 is 1.42 bits per heavy atom. The van der Waals surface area contributed by atoms with Crippen LogP contribution >= 0.6 is 0 Å². The van der Waals surface area contributed by atoms with Crippen LogP contribution in [-0.4, -0.2) is 26.3 Å². The minimum atomic E-state index is 0.683. The highest BCUT2D eigenvalue weighted by Crippen LogP contribution is 2.27. The highest BCUT2D eigenvalue weighted by Gasteiger charge is 2.20. The Bertz CT molecular complexity index is 110. The molecular weight excluding hydrogens is 150 g/mol. The molecule has 0 spiro atoms. The van der Waals surface area contributed by atoms with Crippen LogP contribution in [0.5, 0.6) is 0 Å². The molecule has 1 fully saturated rings. The lowest BCUT2D eigenvalue weighted by atomic mass is 10.00. The molecule has 0 amide bonds. The van der Waals surface area contributed by atoms with Crippen LogP contribution in [0, 0.1) is 5.92 Å². The first kappa shape index (κ1) is 10.0. The van der Waals surface area contributed by atoms with Gasteiger partial charge in [-0.25, -0.2) is 0 Å². The first-order chi connectivity index (χ1) is 5.84. The van der Waals surface area contributed by atoms with Gasteiger partial charge in [0.15, 0.2) is 0 Å². The van der Waals surface area contributed by atoms with Gasteiger partial charge in [0.05, 0.1) is 6.61 Å². The molecule has 0 aromatic heterocycles. The van der Waals surface area contributed by atoms with Crippen molar-refractivity contribution in [3.8, 4) is 0 Å². The molecule has 1 atom stereocenters. The Labute approximate surface area is 75.7 Å². The molecule has 0 unspecified atom stereocenters. The lowest BCUT2D eigenvalue weighted by molar-refractivity contribution is 0.192. The number of rotatable bonds is 5. The summed E-state index contributed by atoms with van der Waals surface area (Å²) in [6, 6.07) is 0.683. The summed E-state index contributed by atoms with van der Waals surface area (Å²) in [5, 5.41) is 3.50. The molecule has 0 radical (unpaired) electrons. The van der Waals surface area contributed by atoms with E-state index in [1.807, 2.05) is 0 Å². The monoisotopic (exact) mass is 171 g/mol. The maximum Gasteiger partial charge on any atom is 0.0587 e. The minimum absolute atomic E-state index is 0.683. The lowest BCUT2D eigenvalue weighted by Gasteiger charge is -2.19. The van der Waals surface area contributed by atoms with Gasteiger partial charge in [0.1, 0.15) is 0 Å². The summed E-state index contributed by atoms with van der Waals surface area (Å²) in [5.74, 6) is 0.918. The third-order valence-corrected chi connectivity index (χ3v) is 2.88. The molecule has 0 aromatic carbocycles. The average molecular weight is 171 g/mol. The Balaban J connectivity index is 2.05. The Morgan fingerprint density at radius 2 is 2.08 bits per heavy atom. The van der Waals surface area contributed by atoms with Crippen molar-refractivity contribution in [2.45, 2.75) is 38.6 Å². The Hall–Kier alpha value is -0.0800. The average Bonchev–Trinajstić information content (AvgIpc) is 2.56. The second kappa shape index (κ2) is 5.55. The van der Waals surface area contributed by atoms with E-state index in [4.69, 9.17) is 4.74 Å². The molecule has 1 rings (SSSR count). The molecule has 2 heteroatoms. The van der Waals surface area contributed by atoms with E-state index >= 15 is 0 Å². The summed E-state index contributed by atoms with van der Waals surface area (Å²) in [6.45, 7) is 4.12. The van der Waals surface area contributed by atoms with Crippen LogP contribution < -0.4 is 5.32 Å². The summed E-state index contributed by atoms with van der Waals surface area (Å²) in [6.07, 6.45) is 5.70. The zero-order valence-electron chi connectivity index (χ0n) is 8.31. The first-order valence-electron chi connectivity index (χ1n) is 5.07. The van der Waals surface area contributed by atoms with E-state index in [0.29, 0.717) is 6.04 Å². The van der Waals surface area contributed by atoms with E-state index in [1.165, 1.54) is 25.7 Å². The SMILES string of the molecule is COCCN[C@H](C)C1CCCC1. The second-order valence-corrected chi connectivity index (χ2v) is 3.78. The normalized spacial score (nSPS) is 21.5. The molecule has 1 saturated carbocycles. The second-order valence-electron chi connectivity index (χ2n) is 3.78. The van der Waals surface area contributed by atoms with E-state index in [-0.39, 0.29) is 0 Å². The molecule has 2 nitrogen and oxygen atoms in total. The highest BCUT2D eigenvalue weighted by atomic mass is 16.5. The fourth-order valence-corrected chi connectivity index (χ4v) is 2.01. The van der Waals surface area contributed by atoms with Crippen LogP contribution in [0.4, 0.5) is 0 Å². The van der Waals surface area contributed by atoms with Gasteiger partial charge >= 0.3 is 0 Å². The summed E-state index contributed by atoms with van der Waals surface area (Å²) in [4.78, 5) is 0. The van der Waals surface area contributed by atoms with Crippen molar-refractivity contribution in [3.63, 3.8) is 0 Å². The Kier molecular flexibility index (Phi) is 4.62. The number of hydrogen-bond donors (Lipinski definition) is 1. The van der Waals surface area contributed by atoms with Gasteiger partial charge in [0.25, 0.3) is 0 Å². The predicted octanol–water partition coefficient (Wildman–Crippen LogP) is 1.80. The van der Waals surface area contributed by atoms with Gasteiger partial charge in [-0.05, 0) is 25.7 Å². The van der Waals surface area contributed by atoms with E-state index in [1.54, 1.807) is 7.11 Å². The van der Waals surface area contributed by atoms with Crippen molar-refractivity contribution >= 4 is 0 Å². The van der Waals surface area contributed by atoms with E-state index in [2.05, 4.69) is 12.2 Å². The quantitative estimate of drug-likeness (QED) is 0.637. The van der Waals surface area contributed by atoms with Crippen molar-refractivity contribution < 1.29 is 4.74 Å². The summed E-state index contributed by atoms with van der Waals surface area (Å²) < 4.78 is 4.99. The van der Waals surface area contributed by atoms with Crippen molar-refractivity contribution in [2.75, 3.05) is 20.3 Å². The van der Waals surface area contributed by atoms with Crippen molar-refractivity contribution in [3.05, 3.63) is 0 Å². The molecule has 1 aliphatic carbocycles. The topological polar surface area (TPSA) is 21.3 Å². The number of nitrogens with one attached hydrogen (secondary N) is 1. The fraction of sp³-hybridized carbons (Fsp3) is 1.00. The maximum absolute atomic E-state index is 4.99. The zero-order valence-corrected chi connectivity index (χ0v) is 8.31. The number of methoxy groups -OCH3 is 1. The van der Waals surface area contributed by atoms with Crippen LogP contribution in [-0.2, 0) is 4.74 Å². The standard InChI is InChI=1S/C10H21NO/c1-9(11-7-8-12-2)10-5-3-4-6-10/h9-11H,3-8H2,1-2H3/t9-/m1/s1. The predicted molar refractivity (Wildman–Crippen MR) is 51.3 cm³/mol. The maximum atomic E-state index is 4.99. The largest absolute Gasteiger partial charge is 0.383 e. The van der Waals surface area contributed by atoms with Crippen LogP contribution in [0.1, 0.15) is 32.6 Å². The summed E-state index contributed by atoms with van der Waals surface area (Å²) in [5.41, 5.74) is 0. The fourth-order valence-electron chi connectivity index (χ4n) is 2.01. The van der Waals surface area contributed by atoms with Gasteiger partial charge in [-0.3, -0.25) is 0 Å². The molecule has 1 N–H and O–H groups in total. The molecule has 0 aromatic rings. The van der Waals surface area contributed by atoms with Crippen molar-refractivity contribution in [1.29, 1.82) is 0 Å². The zero-order chi connectivity index (χ0) is 8.81. The van der Waals surface area contributed by atoms with Gasteiger partial charge in [-0.1, -0.05) is 12.8 Å². The highest BCUT2D eigenvalue weighted by molar-refractivity contribution is 4.76. The number of ether oxygens (including phenoxy) is 1. The van der Waals surface area contributed by atoms with Gasteiger partial charge in [0, 0.05) is 19.7 Å². The van der Waals surface area contributed by atoms with Gasteiger partial charge in [-0.2, -0.15) is 0 Å². The van der Waals surface area contributed by atoms with Crippen LogP contribution in [0.25, 0.3) is 0 Å². The molecule has 0 bridgehead atoms. The molecule has 12 heavy (non-hydrogen) atoms. The van der Waals surface area contributed by atoms with Crippen molar-refractivity contribution in [2.24, 2.45) is 5.92 Å². The van der Waals surface area contributed by atoms with Crippen LogP contribution in [0.15, 0.2) is 0 Å². The molecule has 72 valence electrons.